The van der Waals surface area contributed by atoms with Crippen molar-refractivity contribution in [1.82, 2.24) is 15.2 Å². The molecule has 8 heteroatoms. The fourth-order valence-corrected chi connectivity index (χ4v) is 4.87. The fourth-order valence-electron chi connectivity index (χ4n) is 3.94. The van der Waals surface area contributed by atoms with Crippen LogP contribution in [0.4, 0.5) is 5.69 Å². The molecule has 0 aliphatic carbocycles. The minimum atomic E-state index is -0.321. The molecule has 32 heavy (non-hydrogen) atoms. The lowest BCUT2D eigenvalue weighted by molar-refractivity contribution is 0.0960. The normalized spacial score (nSPS) is 14.9. The van der Waals surface area contributed by atoms with Gasteiger partial charge in [-0.05, 0) is 47.5 Å². The molecule has 2 aromatic heterocycles. The van der Waals surface area contributed by atoms with E-state index in [1.54, 1.807) is 19.5 Å². The highest BCUT2D eigenvalue weighted by molar-refractivity contribution is 7.13. The number of Topliss-reactive ketones (excluding diaryl/α,β-unsaturated/α-hetero) is 1. The van der Waals surface area contributed by atoms with Gasteiger partial charge in [-0.3, -0.25) is 4.79 Å². The Bertz CT molecular complexity index is 1260. The summed E-state index contributed by atoms with van der Waals surface area (Å²) >= 11 is 7.47. The summed E-state index contributed by atoms with van der Waals surface area (Å²) in [5.41, 5.74) is 4.44. The Morgan fingerprint density at radius 3 is 2.78 bits per heavy atom. The maximum atomic E-state index is 13.5. The number of methoxy groups -OCH3 is 1. The minimum absolute atomic E-state index is 0.00243. The van der Waals surface area contributed by atoms with Crippen LogP contribution in [0, 0.1) is 0 Å². The van der Waals surface area contributed by atoms with Crippen molar-refractivity contribution in [1.29, 1.82) is 0 Å². The number of thiazole rings is 1. The van der Waals surface area contributed by atoms with E-state index in [0.29, 0.717) is 23.8 Å². The molecule has 0 spiro atoms. The molecule has 1 aliphatic rings. The number of carbonyl (C=O) groups excluding carboxylic acids is 1. The molecule has 160 valence electrons. The summed E-state index contributed by atoms with van der Waals surface area (Å²) in [7, 11) is 1.63. The standard InChI is InChI=1S/C24H19ClN4O2S/c1-31-18-6-7-22-19(10-18)20(13-29(22)12-15-2-4-17(25)5-3-15)23(30)21-14-32-24(28-21)16-8-9-26-27-11-16/h2-11,14,20H,12-13H2,1H3. The first-order valence-electron chi connectivity index (χ1n) is 10.1. The fraction of sp³-hybridized carbons (Fsp3) is 0.167. The Kier molecular flexibility index (Phi) is 5.59. The second-order valence-corrected chi connectivity index (χ2v) is 8.81. The molecule has 1 aliphatic heterocycles. The smallest absolute Gasteiger partial charge is 0.191 e. The maximum absolute atomic E-state index is 13.5. The van der Waals surface area contributed by atoms with Crippen molar-refractivity contribution in [2.75, 3.05) is 18.6 Å². The quantitative estimate of drug-likeness (QED) is 0.364. The number of ketones is 1. The number of carbonyl (C=O) groups is 1. The Balaban J connectivity index is 1.45. The van der Waals surface area contributed by atoms with E-state index in [4.69, 9.17) is 16.3 Å². The second-order valence-electron chi connectivity index (χ2n) is 7.52. The highest BCUT2D eigenvalue weighted by atomic mass is 35.5. The molecule has 0 fully saturated rings. The molecule has 3 heterocycles. The van der Waals surface area contributed by atoms with Gasteiger partial charge in [0.2, 0.25) is 0 Å². The third-order valence-electron chi connectivity index (χ3n) is 5.54. The molecule has 6 nitrogen and oxygen atoms in total. The summed E-state index contributed by atoms with van der Waals surface area (Å²) in [6.07, 6.45) is 3.27. The van der Waals surface area contributed by atoms with E-state index in [1.165, 1.54) is 11.3 Å². The minimum Gasteiger partial charge on any atom is -0.497 e. The van der Waals surface area contributed by atoms with E-state index in [2.05, 4.69) is 20.1 Å². The third-order valence-corrected chi connectivity index (χ3v) is 6.69. The van der Waals surface area contributed by atoms with Gasteiger partial charge in [-0.25, -0.2) is 4.98 Å². The van der Waals surface area contributed by atoms with E-state index in [9.17, 15) is 4.79 Å². The molecule has 0 radical (unpaired) electrons. The van der Waals surface area contributed by atoms with Crippen molar-refractivity contribution in [3.8, 4) is 16.3 Å². The van der Waals surface area contributed by atoms with Crippen molar-refractivity contribution < 1.29 is 9.53 Å². The van der Waals surface area contributed by atoms with Gasteiger partial charge in [0.05, 0.1) is 25.4 Å². The average molecular weight is 463 g/mol. The van der Waals surface area contributed by atoms with Crippen LogP contribution in [0.3, 0.4) is 0 Å². The van der Waals surface area contributed by atoms with Crippen LogP contribution in [0.25, 0.3) is 10.6 Å². The topological polar surface area (TPSA) is 68.2 Å². The Hall–Kier alpha value is -3.29. The van der Waals surface area contributed by atoms with E-state index in [1.807, 2.05) is 53.9 Å². The average Bonchev–Trinajstić information content (AvgIpc) is 3.46. The molecule has 2 aromatic carbocycles. The molecule has 0 amide bonds. The summed E-state index contributed by atoms with van der Waals surface area (Å²) in [6, 6.07) is 15.5. The van der Waals surface area contributed by atoms with Gasteiger partial charge >= 0.3 is 0 Å². The number of benzene rings is 2. The molecule has 4 aromatic rings. The maximum Gasteiger partial charge on any atom is 0.191 e. The number of ether oxygens (including phenoxy) is 1. The summed E-state index contributed by atoms with van der Waals surface area (Å²) in [5.74, 6) is 0.414. The van der Waals surface area contributed by atoms with E-state index in [-0.39, 0.29) is 11.7 Å². The summed E-state index contributed by atoms with van der Waals surface area (Å²) < 4.78 is 5.43. The molecule has 5 rings (SSSR count). The van der Waals surface area contributed by atoms with Gasteiger partial charge in [0, 0.05) is 34.7 Å². The number of hydrogen-bond acceptors (Lipinski definition) is 7. The predicted molar refractivity (Wildman–Crippen MR) is 126 cm³/mol. The van der Waals surface area contributed by atoms with E-state index >= 15 is 0 Å². The van der Waals surface area contributed by atoms with Crippen molar-refractivity contribution in [2.24, 2.45) is 0 Å². The molecule has 0 saturated heterocycles. The highest BCUT2D eigenvalue weighted by Crippen LogP contribution is 2.41. The number of hydrogen-bond donors (Lipinski definition) is 0. The van der Waals surface area contributed by atoms with Gasteiger partial charge in [0.15, 0.2) is 5.78 Å². The largest absolute Gasteiger partial charge is 0.497 e. The van der Waals surface area contributed by atoms with Crippen molar-refractivity contribution >= 4 is 34.4 Å². The van der Waals surface area contributed by atoms with Crippen LogP contribution in [0.5, 0.6) is 5.75 Å². The summed E-state index contributed by atoms with van der Waals surface area (Å²) in [5, 5.41) is 11.0. The molecule has 1 atom stereocenters. The Labute approximate surface area is 194 Å². The first kappa shape index (κ1) is 20.6. The first-order valence-corrected chi connectivity index (χ1v) is 11.3. The molecular formula is C24H19ClN4O2S. The Morgan fingerprint density at radius 1 is 1.19 bits per heavy atom. The molecule has 1 unspecified atom stereocenters. The summed E-state index contributed by atoms with van der Waals surface area (Å²) in [4.78, 5) is 20.3. The van der Waals surface area contributed by atoms with E-state index in [0.717, 1.165) is 33.1 Å². The number of aromatic nitrogens is 3. The second kappa shape index (κ2) is 8.68. The number of anilines is 1. The van der Waals surface area contributed by atoms with Crippen LogP contribution < -0.4 is 9.64 Å². The first-order chi connectivity index (χ1) is 15.6. The van der Waals surface area contributed by atoms with Crippen LogP contribution in [0.1, 0.15) is 27.5 Å². The van der Waals surface area contributed by atoms with Gasteiger partial charge in [0.1, 0.15) is 16.5 Å². The van der Waals surface area contributed by atoms with Crippen LogP contribution in [0.2, 0.25) is 5.02 Å². The predicted octanol–water partition coefficient (Wildman–Crippen LogP) is 5.25. The zero-order valence-corrected chi connectivity index (χ0v) is 18.8. The highest BCUT2D eigenvalue weighted by Gasteiger charge is 2.35. The number of halogens is 1. The van der Waals surface area contributed by atoms with Gasteiger partial charge in [-0.2, -0.15) is 10.2 Å². The van der Waals surface area contributed by atoms with Crippen LogP contribution in [0.15, 0.2) is 66.3 Å². The van der Waals surface area contributed by atoms with Crippen molar-refractivity contribution in [2.45, 2.75) is 12.5 Å². The Morgan fingerprint density at radius 2 is 2.03 bits per heavy atom. The number of rotatable bonds is 6. The summed E-state index contributed by atoms with van der Waals surface area (Å²) in [6.45, 7) is 1.26. The lowest BCUT2D eigenvalue weighted by Crippen LogP contribution is -2.24. The number of nitrogens with zero attached hydrogens (tertiary/aromatic N) is 4. The van der Waals surface area contributed by atoms with Gasteiger partial charge < -0.3 is 9.64 Å². The molecule has 0 bridgehead atoms. The van der Waals surface area contributed by atoms with Crippen LogP contribution >= 0.6 is 22.9 Å². The van der Waals surface area contributed by atoms with E-state index < -0.39 is 0 Å². The van der Waals surface area contributed by atoms with Gasteiger partial charge in [-0.15, -0.1) is 11.3 Å². The van der Waals surface area contributed by atoms with Crippen molar-refractivity contribution in [3.63, 3.8) is 0 Å². The monoisotopic (exact) mass is 462 g/mol. The lowest BCUT2D eigenvalue weighted by atomic mass is 9.95. The molecular weight excluding hydrogens is 444 g/mol. The van der Waals surface area contributed by atoms with Gasteiger partial charge in [-0.1, -0.05) is 23.7 Å². The lowest BCUT2D eigenvalue weighted by Gasteiger charge is -2.20. The molecule has 0 N–H and O–H groups in total. The molecule has 0 saturated carbocycles. The third kappa shape index (κ3) is 3.97. The SMILES string of the molecule is COc1ccc2c(c1)C(C(=O)c1csc(-c3ccnnc3)n1)CN2Cc1ccc(Cl)cc1. The van der Waals surface area contributed by atoms with Crippen LogP contribution in [-0.4, -0.2) is 34.6 Å². The zero-order valence-electron chi connectivity index (χ0n) is 17.2. The van der Waals surface area contributed by atoms with Crippen LogP contribution in [-0.2, 0) is 6.54 Å². The number of fused-ring (bicyclic) bond motifs is 1. The zero-order chi connectivity index (χ0) is 22.1. The van der Waals surface area contributed by atoms with Gasteiger partial charge in [0.25, 0.3) is 0 Å². The van der Waals surface area contributed by atoms with Crippen molar-refractivity contribution in [3.05, 3.63) is 88.1 Å².